The lowest BCUT2D eigenvalue weighted by molar-refractivity contribution is 0.591. The molecule has 49 heavy (non-hydrogen) atoms. The molecule has 0 aromatic heterocycles. The van der Waals surface area contributed by atoms with Crippen LogP contribution in [0.3, 0.4) is 0 Å². The summed E-state index contributed by atoms with van der Waals surface area (Å²) in [6.45, 7) is 7.09. The fourth-order valence-corrected chi connectivity index (χ4v) is 12.8. The van der Waals surface area contributed by atoms with Crippen molar-refractivity contribution in [3.8, 4) is 22.3 Å². The monoisotopic (exact) mass is 665 g/mol. The lowest BCUT2D eigenvalue weighted by Crippen LogP contribution is -2.44. The number of hydrogen-bond donors (Lipinski definition) is 0. The Morgan fingerprint density at radius 3 is 1.16 bits per heavy atom. The zero-order valence-corrected chi connectivity index (χ0v) is 29.8. The maximum Gasteiger partial charge on any atom is 0.0629 e. The van der Waals surface area contributed by atoms with Gasteiger partial charge < -0.3 is 4.90 Å². The van der Waals surface area contributed by atoms with E-state index in [4.69, 9.17) is 0 Å². The van der Waals surface area contributed by atoms with E-state index < -0.39 is 15.8 Å². The van der Waals surface area contributed by atoms with Gasteiger partial charge in [-0.05, 0) is 96.1 Å². The van der Waals surface area contributed by atoms with Gasteiger partial charge in [0.25, 0.3) is 0 Å². The maximum absolute atomic E-state index is 2.62. The van der Waals surface area contributed by atoms with E-state index in [-0.39, 0.29) is 5.41 Å². The van der Waals surface area contributed by atoms with Gasteiger partial charge in [0.15, 0.2) is 0 Å². The summed E-state index contributed by atoms with van der Waals surface area (Å²) in [6, 6.07) is 63.7. The van der Waals surface area contributed by atoms with Gasteiger partial charge in [0.2, 0.25) is 0 Å². The molecular weight excluding hydrogens is 628 g/mol. The average Bonchev–Trinajstić information content (AvgIpc) is 3.15. The number of hydrogen-bond acceptors (Lipinski definition) is 1. The van der Waals surface area contributed by atoms with E-state index in [1.165, 1.54) is 76.7 Å². The molecule has 0 saturated heterocycles. The number of anilines is 3. The molecule has 0 bridgehead atoms. The molecule has 2 heterocycles. The van der Waals surface area contributed by atoms with Crippen molar-refractivity contribution in [2.24, 2.45) is 0 Å². The molecule has 236 valence electrons. The zero-order valence-electron chi connectivity index (χ0n) is 28.0. The normalized spacial score (nSPS) is 16.0. The Morgan fingerprint density at radius 2 is 0.776 bits per heavy atom. The molecule has 2 unspecified atom stereocenters. The van der Waals surface area contributed by atoms with Crippen LogP contribution < -0.4 is 36.7 Å². The zero-order chi connectivity index (χ0) is 33.1. The maximum atomic E-state index is 2.62. The van der Waals surface area contributed by atoms with Gasteiger partial charge in [0.1, 0.15) is 0 Å². The van der Waals surface area contributed by atoms with Crippen LogP contribution in [0.15, 0.2) is 170 Å². The van der Waals surface area contributed by atoms with Crippen LogP contribution in [-0.4, -0.2) is 0 Å². The summed E-state index contributed by atoms with van der Waals surface area (Å²) >= 11 is 0. The van der Waals surface area contributed by atoms with Gasteiger partial charge in [-0.15, -0.1) is 0 Å². The van der Waals surface area contributed by atoms with Crippen molar-refractivity contribution in [1.82, 2.24) is 0 Å². The fraction of sp³-hybridized carbons (Fsp3) is 0.0870. The summed E-state index contributed by atoms with van der Waals surface area (Å²) < 4.78 is 0. The van der Waals surface area contributed by atoms with Crippen LogP contribution in [0.2, 0.25) is 0 Å². The van der Waals surface area contributed by atoms with Crippen molar-refractivity contribution in [3.05, 3.63) is 175 Å². The molecule has 0 fully saturated rings. The quantitative estimate of drug-likeness (QED) is 0.169. The highest BCUT2D eigenvalue weighted by Gasteiger charge is 2.42. The number of benzene rings is 7. The van der Waals surface area contributed by atoms with Crippen molar-refractivity contribution in [1.29, 1.82) is 0 Å². The Morgan fingerprint density at radius 1 is 0.388 bits per heavy atom. The molecule has 2 aliphatic heterocycles. The second-order valence-corrected chi connectivity index (χ2v) is 18.2. The minimum Gasteiger partial charge on any atom is -0.308 e. The smallest absolute Gasteiger partial charge is 0.0629 e. The molecule has 1 nitrogen and oxygen atoms in total. The molecule has 3 heteroatoms. The van der Waals surface area contributed by atoms with E-state index in [1.54, 1.807) is 0 Å². The van der Waals surface area contributed by atoms with Crippen LogP contribution in [-0.2, 0) is 5.41 Å². The van der Waals surface area contributed by atoms with Crippen molar-refractivity contribution in [2.75, 3.05) is 4.90 Å². The third kappa shape index (κ3) is 5.16. The fourth-order valence-electron chi connectivity index (χ4n) is 7.35. The van der Waals surface area contributed by atoms with Crippen LogP contribution >= 0.6 is 15.8 Å². The van der Waals surface area contributed by atoms with Gasteiger partial charge in [0.05, 0.1) is 17.1 Å². The van der Waals surface area contributed by atoms with Crippen molar-refractivity contribution in [3.63, 3.8) is 0 Å². The minimum absolute atomic E-state index is 0.00985. The second kappa shape index (κ2) is 12.0. The molecule has 2 aliphatic rings. The highest BCUT2D eigenvalue weighted by atomic mass is 31.1. The topological polar surface area (TPSA) is 3.24 Å². The third-order valence-corrected chi connectivity index (χ3v) is 14.8. The first kappa shape index (κ1) is 30.3. The number of nitrogens with zero attached hydrogens (tertiary/aromatic N) is 1. The Kier molecular flexibility index (Phi) is 7.39. The molecule has 2 atom stereocenters. The third-order valence-electron chi connectivity index (χ3n) is 9.80. The van der Waals surface area contributed by atoms with E-state index in [0.717, 1.165) is 0 Å². The first-order valence-electron chi connectivity index (χ1n) is 17.0. The highest BCUT2D eigenvalue weighted by Crippen LogP contribution is 2.56. The van der Waals surface area contributed by atoms with E-state index in [2.05, 4.69) is 196 Å². The van der Waals surface area contributed by atoms with Gasteiger partial charge >= 0.3 is 0 Å². The van der Waals surface area contributed by atoms with Crippen LogP contribution in [0, 0.1) is 0 Å². The average molecular weight is 666 g/mol. The van der Waals surface area contributed by atoms with E-state index >= 15 is 0 Å². The van der Waals surface area contributed by atoms with Crippen LogP contribution in [0.25, 0.3) is 22.3 Å². The second-order valence-electron chi connectivity index (χ2n) is 13.9. The van der Waals surface area contributed by atoms with Crippen LogP contribution in [0.5, 0.6) is 0 Å². The largest absolute Gasteiger partial charge is 0.308 e. The van der Waals surface area contributed by atoms with Crippen molar-refractivity contribution < 1.29 is 0 Å². The SMILES string of the molecule is CC(C)(C)c1cc2c3c(c1)P(c1ccccc1)c1cc(-c4ccccc4)ccc1N3c1ccc(-c3ccccc3)cc1P2c1ccccc1. The number of fused-ring (bicyclic) bond motifs is 4. The Bertz CT molecular complexity index is 2150. The van der Waals surface area contributed by atoms with E-state index in [1.807, 2.05) is 0 Å². The van der Waals surface area contributed by atoms with E-state index in [0.29, 0.717) is 0 Å². The van der Waals surface area contributed by atoms with Crippen LogP contribution in [0.1, 0.15) is 26.3 Å². The van der Waals surface area contributed by atoms with Crippen molar-refractivity contribution in [2.45, 2.75) is 26.2 Å². The van der Waals surface area contributed by atoms with Crippen LogP contribution in [0.4, 0.5) is 17.1 Å². The summed E-state index contributed by atoms with van der Waals surface area (Å²) in [7, 11) is -1.67. The molecule has 7 aromatic carbocycles. The van der Waals surface area contributed by atoms with Gasteiger partial charge in [-0.2, -0.15) is 0 Å². The summed E-state index contributed by atoms with van der Waals surface area (Å²) in [5, 5.41) is 8.54. The molecule has 0 N–H and O–H groups in total. The summed E-state index contributed by atoms with van der Waals surface area (Å²) in [5.74, 6) is 0. The molecular formula is C46H37NP2. The van der Waals surface area contributed by atoms with Gasteiger partial charge in [-0.1, -0.05) is 154 Å². The Labute approximate surface area is 292 Å². The first-order valence-corrected chi connectivity index (χ1v) is 19.7. The molecule has 0 saturated carbocycles. The molecule has 0 amide bonds. The first-order chi connectivity index (χ1) is 24.0. The Hall–Kier alpha value is -4.80. The Balaban J connectivity index is 1.39. The minimum atomic E-state index is -0.834. The van der Waals surface area contributed by atoms with Crippen molar-refractivity contribution >= 4 is 64.7 Å². The molecule has 7 aromatic rings. The summed E-state index contributed by atoms with van der Waals surface area (Å²) in [6.07, 6.45) is 0. The summed E-state index contributed by atoms with van der Waals surface area (Å²) in [5.41, 5.74) is 10.4. The van der Waals surface area contributed by atoms with Gasteiger partial charge in [0, 0.05) is 21.2 Å². The summed E-state index contributed by atoms with van der Waals surface area (Å²) in [4.78, 5) is 2.62. The van der Waals surface area contributed by atoms with Gasteiger partial charge in [-0.3, -0.25) is 0 Å². The lowest BCUT2D eigenvalue weighted by Gasteiger charge is -2.46. The molecule has 0 radical (unpaired) electrons. The lowest BCUT2D eigenvalue weighted by atomic mass is 9.87. The highest BCUT2D eigenvalue weighted by molar-refractivity contribution is 7.82. The number of rotatable bonds is 4. The molecule has 0 aliphatic carbocycles. The van der Waals surface area contributed by atoms with E-state index in [9.17, 15) is 0 Å². The molecule has 0 spiro atoms. The standard InChI is InChI=1S/C46H37NP2/c1-46(2,3)36-30-43-45-44(31-36)49(38-22-14-7-15-23-38)42-29-35(33-18-10-5-11-19-33)25-27-40(42)47(45)39-26-24-34(32-16-8-4-9-17-32)28-41(39)48(43)37-20-12-6-13-21-37/h4-31H,1-3H3. The van der Waals surface area contributed by atoms with Gasteiger partial charge in [-0.25, -0.2) is 0 Å². The predicted octanol–water partition coefficient (Wildman–Crippen LogP) is 9.93. The predicted molar refractivity (Wildman–Crippen MR) is 215 cm³/mol. The molecule has 9 rings (SSSR count).